The average Bonchev–Trinajstić information content (AvgIpc) is 3.34. The number of hydrogen-bond donors (Lipinski definition) is 1. The number of methoxy groups -OCH3 is 1. The Morgan fingerprint density at radius 2 is 1.91 bits per heavy atom. The van der Waals surface area contributed by atoms with Crippen LogP contribution < -0.4 is 10.1 Å². The summed E-state index contributed by atoms with van der Waals surface area (Å²) in [5.74, 6) is -0.0195. The van der Waals surface area contributed by atoms with Gasteiger partial charge < -0.3 is 14.8 Å². The van der Waals surface area contributed by atoms with E-state index in [4.69, 9.17) is 9.47 Å². The van der Waals surface area contributed by atoms with Crippen LogP contribution in [0, 0.1) is 0 Å². The molecule has 0 spiro atoms. The maximum absolute atomic E-state index is 12.7. The molecule has 10 heteroatoms. The van der Waals surface area contributed by atoms with E-state index in [1.54, 1.807) is 58.2 Å². The summed E-state index contributed by atoms with van der Waals surface area (Å²) in [6.45, 7) is 5.92. The van der Waals surface area contributed by atoms with Crippen LogP contribution in [0.5, 0.6) is 5.75 Å². The van der Waals surface area contributed by atoms with Crippen molar-refractivity contribution in [2.45, 2.75) is 45.3 Å². The number of carbonyl (C=O) groups is 4. The molecule has 0 radical (unpaired) electrons. The van der Waals surface area contributed by atoms with Crippen LogP contribution in [-0.4, -0.2) is 71.3 Å². The summed E-state index contributed by atoms with van der Waals surface area (Å²) in [5.41, 5.74) is 0.129. The van der Waals surface area contributed by atoms with Gasteiger partial charge in [-0.1, -0.05) is 12.1 Å². The molecule has 9 nitrogen and oxygen atoms in total. The van der Waals surface area contributed by atoms with Gasteiger partial charge in [0.15, 0.2) is 0 Å². The normalized spacial score (nSPS) is 19.9. The fourth-order valence-corrected chi connectivity index (χ4v) is 4.40. The summed E-state index contributed by atoms with van der Waals surface area (Å²) in [7, 11) is 1.57. The van der Waals surface area contributed by atoms with E-state index < -0.39 is 23.6 Å². The van der Waals surface area contributed by atoms with E-state index in [1.165, 1.54) is 4.90 Å². The summed E-state index contributed by atoms with van der Waals surface area (Å²) < 4.78 is 10.5. The first-order chi connectivity index (χ1) is 15.6. The fraction of sp³-hybridized carbons (Fsp3) is 0.478. The second kappa shape index (κ2) is 10.3. The Morgan fingerprint density at radius 3 is 2.55 bits per heavy atom. The van der Waals surface area contributed by atoms with Gasteiger partial charge in [0.2, 0.25) is 5.91 Å². The quantitative estimate of drug-likeness (QED) is 0.630. The SMILES string of the molecule is COc1ccc(C=C2SC(=O)N(CCNC(=O)[C@@H]3CCCN3C(=O)OC(C)(C)C)C2=O)cc1. The minimum atomic E-state index is -0.647. The molecule has 2 saturated heterocycles. The van der Waals surface area contributed by atoms with Gasteiger partial charge in [-0.15, -0.1) is 0 Å². The van der Waals surface area contributed by atoms with Crippen molar-refractivity contribution in [3.8, 4) is 5.75 Å². The summed E-state index contributed by atoms with van der Waals surface area (Å²) >= 11 is 0.865. The molecule has 2 fully saturated rings. The predicted octanol–water partition coefficient (Wildman–Crippen LogP) is 3.25. The van der Waals surface area contributed by atoms with Crippen LogP contribution in [0.1, 0.15) is 39.2 Å². The topological polar surface area (TPSA) is 105 Å². The van der Waals surface area contributed by atoms with E-state index in [1.807, 2.05) is 0 Å². The second-order valence-electron chi connectivity index (χ2n) is 8.73. The number of nitrogens with zero attached hydrogens (tertiary/aromatic N) is 2. The van der Waals surface area contributed by atoms with E-state index in [0.717, 1.165) is 22.2 Å². The summed E-state index contributed by atoms with van der Waals surface area (Å²) in [4.78, 5) is 52.9. The molecule has 178 valence electrons. The molecule has 33 heavy (non-hydrogen) atoms. The van der Waals surface area contributed by atoms with Crippen molar-refractivity contribution in [2.75, 3.05) is 26.7 Å². The lowest BCUT2D eigenvalue weighted by Gasteiger charge is -2.28. The van der Waals surface area contributed by atoms with E-state index in [-0.39, 0.29) is 24.2 Å². The summed E-state index contributed by atoms with van der Waals surface area (Å²) in [6.07, 6.45) is 2.38. The maximum atomic E-state index is 12.7. The number of imide groups is 1. The van der Waals surface area contributed by atoms with Gasteiger partial charge in [0.1, 0.15) is 17.4 Å². The van der Waals surface area contributed by atoms with Crippen LogP contribution in [0.2, 0.25) is 0 Å². The molecule has 3 rings (SSSR count). The van der Waals surface area contributed by atoms with Crippen molar-refractivity contribution in [1.29, 1.82) is 0 Å². The zero-order valence-electron chi connectivity index (χ0n) is 19.3. The van der Waals surface area contributed by atoms with E-state index in [9.17, 15) is 19.2 Å². The maximum Gasteiger partial charge on any atom is 0.410 e. The molecule has 0 aliphatic carbocycles. The van der Waals surface area contributed by atoms with Gasteiger partial charge in [-0.2, -0.15) is 0 Å². The van der Waals surface area contributed by atoms with Crippen molar-refractivity contribution in [2.24, 2.45) is 0 Å². The van der Waals surface area contributed by atoms with Crippen LogP contribution in [0.4, 0.5) is 9.59 Å². The number of rotatable bonds is 6. The molecule has 0 unspecified atom stereocenters. The molecule has 0 saturated carbocycles. The lowest BCUT2D eigenvalue weighted by atomic mass is 10.2. The summed E-state index contributed by atoms with van der Waals surface area (Å²) in [5, 5.41) is 2.36. The molecule has 0 bridgehead atoms. The number of carbonyl (C=O) groups excluding carboxylic acids is 4. The summed E-state index contributed by atoms with van der Waals surface area (Å²) in [6, 6.07) is 6.52. The minimum Gasteiger partial charge on any atom is -0.497 e. The molecule has 1 N–H and O–H groups in total. The zero-order valence-corrected chi connectivity index (χ0v) is 20.1. The lowest BCUT2D eigenvalue weighted by Crippen LogP contribution is -2.49. The third-order valence-electron chi connectivity index (χ3n) is 5.11. The Bertz CT molecular complexity index is 954. The lowest BCUT2D eigenvalue weighted by molar-refractivity contribution is -0.126. The first kappa shape index (κ1) is 24.6. The number of amides is 4. The van der Waals surface area contributed by atoms with Crippen molar-refractivity contribution < 1.29 is 28.7 Å². The van der Waals surface area contributed by atoms with Crippen molar-refractivity contribution in [3.05, 3.63) is 34.7 Å². The number of hydrogen-bond acceptors (Lipinski definition) is 7. The van der Waals surface area contributed by atoms with Crippen LogP contribution in [-0.2, 0) is 14.3 Å². The minimum absolute atomic E-state index is 0.0511. The first-order valence-electron chi connectivity index (χ1n) is 10.8. The number of benzene rings is 1. The van der Waals surface area contributed by atoms with Gasteiger partial charge in [0, 0.05) is 19.6 Å². The molecule has 2 heterocycles. The molecular weight excluding hydrogens is 446 g/mol. The molecule has 1 aromatic carbocycles. The van der Waals surface area contributed by atoms with Gasteiger partial charge in [-0.3, -0.25) is 24.2 Å². The second-order valence-corrected chi connectivity index (χ2v) is 9.72. The third kappa shape index (κ3) is 6.28. The number of thioether (sulfide) groups is 1. The molecule has 4 amide bonds. The molecule has 1 aromatic rings. The smallest absolute Gasteiger partial charge is 0.410 e. The van der Waals surface area contributed by atoms with Gasteiger partial charge in [0.05, 0.1) is 12.0 Å². The first-order valence-corrected chi connectivity index (χ1v) is 11.6. The average molecular weight is 476 g/mol. The Balaban J connectivity index is 1.53. The van der Waals surface area contributed by atoms with Crippen LogP contribution in [0.25, 0.3) is 6.08 Å². The number of nitrogens with one attached hydrogen (secondary N) is 1. The van der Waals surface area contributed by atoms with E-state index >= 15 is 0 Å². The van der Waals surface area contributed by atoms with E-state index in [0.29, 0.717) is 30.0 Å². The largest absolute Gasteiger partial charge is 0.497 e. The standard InChI is InChI=1S/C23H29N3O6S/c1-23(2,3)32-21(29)25-12-5-6-17(25)19(27)24-11-13-26-20(28)18(33-22(26)30)14-15-7-9-16(31-4)10-8-15/h7-10,14,17H,5-6,11-13H2,1-4H3,(H,24,27)/t17-/m0/s1. The highest BCUT2D eigenvalue weighted by molar-refractivity contribution is 8.18. The van der Waals surface area contributed by atoms with Crippen molar-refractivity contribution in [1.82, 2.24) is 15.1 Å². The molecule has 1 atom stereocenters. The number of ether oxygens (including phenoxy) is 2. The molecule has 2 aliphatic heterocycles. The fourth-order valence-electron chi connectivity index (χ4n) is 3.53. The van der Waals surface area contributed by atoms with Crippen LogP contribution in [0.3, 0.4) is 0 Å². The predicted molar refractivity (Wildman–Crippen MR) is 125 cm³/mol. The Hall–Kier alpha value is -3.01. The highest BCUT2D eigenvalue weighted by Crippen LogP contribution is 2.32. The van der Waals surface area contributed by atoms with Gasteiger partial charge in [0.25, 0.3) is 11.1 Å². The Kier molecular flexibility index (Phi) is 7.68. The van der Waals surface area contributed by atoms with Gasteiger partial charge in [-0.25, -0.2) is 4.79 Å². The number of likely N-dealkylation sites (tertiary alicyclic amines) is 1. The molecule has 0 aromatic heterocycles. The van der Waals surface area contributed by atoms with Crippen molar-refractivity contribution >= 4 is 41.0 Å². The molecule has 2 aliphatic rings. The van der Waals surface area contributed by atoms with E-state index in [2.05, 4.69) is 5.32 Å². The Labute approximate surface area is 197 Å². The highest BCUT2D eigenvalue weighted by Gasteiger charge is 2.37. The monoisotopic (exact) mass is 475 g/mol. The van der Waals surface area contributed by atoms with Gasteiger partial charge >= 0.3 is 6.09 Å². The third-order valence-corrected chi connectivity index (χ3v) is 6.01. The van der Waals surface area contributed by atoms with Crippen molar-refractivity contribution in [3.63, 3.8) is 0 Å². The Morgan fingerprint density at radius 1 is 1.21 bits per heavy atom. The highest BCUT2D eigenvalue weighted by atomic mass is 32.2. The van der Waals surface area contributed by atoms with Crippen LogP contribution >= 0.6 is 11.8 Å². The zero-order chi connectivity index (χ0) is 24.2. The van der Waals surface area contributed by atoms with Crippen LogP contribution in [0.15, 0.2) is 29.2 Å². The van der Waals surface area contributed by atoms with Gasteiger partial charge in [-0.05, 0) is 69.1 Å². The molecular formula is C23H29N3O6S.